The monoisotopic (exact) mass is 353 g/mol. The second-order valence-electron chi connectivity index (χ2n) is 7.07. The third-order valence-corrected chi connectivity index (χ3v) is 5.31. The molecule has 5 nitrogen and oxygen atoms in total. The van der Waals surface area contributed by atoms with Gasteiger partial charge in [-0.05, 0) is 50.8 Å². The van der Waals surface area contributed by atoms with E-state index in [0.717, 1.165) is 12.8 Å². The molecule has 136 valence electrons. The minimum absolute atomic E-state index is 0.172. The van der Waals surface area contributed by atoms with Gasteiger partial charge in [-0.2, -0.15) is 0 Å². The van der Waals surface area contributed by atoms with E-state index in [9.17, 15) is 9.90 Å². The van der Waals surface area contributed by atoms with Gasteiger partial charge >= 0.3 is 0 Å². The maximum absolute atomic E-state index is 12.9. The van der Waals surface area contributed by atoms with Crippen LogP contribution in [0.2, 0.25) is 0 Å². The van der Waals surface area contributed by atoms with Crippen LogP contribution in [0.1, 0.15) is 48.5 Å². The molecule has 1 atom stereocenters. The number of amides is 1. The second-order valence-corrected chi connectivity index (χ2v) is 7.07. The quantitative estimate of drug-likeness (QED) is 0.907. The molecule has 4 rings (SSSR count). The van der Waals surface area contributed by atoms with Gasteiger partial charge in [0.15, 0.2) is 17.2 Å². The maximum Gasteiger partial charge on any atom is 0.261 e. The van der Waals surface area contributed by atoms with Crippen LogP contribution in [0.5, 0.6) is 11.5 Å². The molecule has 1 heterocycles. The third-order valence-electron chi connectivity index (χ3n) is 5.31. The summed E-state index contributed by atoms with van der Waals surface area (Å²) in [5, 5.41) is 11.1. The van der Waals surface area contributed by atoms with Crippen molar-refractivity contribution in [1.29, 1.82) is 0 Å². The van der Waals surface area contributed by atoms with E-state index in [-0.39, 0.29) is 12.0 Å². The highest BCUT2D eigenvalue weighted by Crippen LogP contribution is 2.43. The highest BCUT2D eigenvalue weighted by Gasteiger charge is 2.45. The Morgan fingerprint density at radius 2 is 1.85 bits per heavy atom. The number of hydrogen-bond donors (Lipinski definition) is 1. The third kappa shape index (κ3) is 2.63. The lowest BCUT2D eigenvalue weighted by Crippen LogP contribution is -2.41. The van der Waals surface area contributed by atoms with E-state index < -0.39 is 5.72 Å². The van der Waals surface area contributed by atoms with Gasteiger partial charge in [0, 0.05) is 17.2 Å². The molecule has 1 aliphatic carbocycles. The Hall–Kier alpha value is -2.53. The van der Waals surface area contributed by atoms with Gasteiger partial charge in [-0.25, -0.2) is 0 Å². The van der Waals surface area contributed by atoms with Crippen molar-refractivity contribution in [2.24, 2.45) is 0 Å². The summed E-state index contributed by atoms with van der Waals surface area (Å²) in [4.78, 5) is 14.3. The van der Waals surface area contributed by atoms with E-state index in [1.165, 1.54) is 17.7 Å². The number of anilines is 1. The number of methoxy groups -OCH3 is 1. The highest BCUT2D eigenvalue weighted by molar-refractivity contribution is 6.11. The zero-order valence-corrected chi connectivity index (χ0v) is 15.1. The van der Waals surface area contributed by atoms with E-state index in [1.807, 2.05) is 6.07 Å². The number of rotatable bonds is 4. The number of fused-ring (bicyclic) bond motifs is 1. The number of hydrogen-bond acceptors (Lipinski definition) is 4. The predicted octanol–water partition coefficient (Wildman–Crippen LogP) is 3.84. The van der Waals surface area contributed by atoms with Crippen molar-refractivity contribution in [3.63, 3.8) is 0 Å². The van der Waals surface area contributed by atoms with Gasteiger partial charge in [-0.3, -0.25) is 9.69 Å². The first-order valence-corrected chi connectivity index (χ1v) is 9.03. The fourth-order valence-electron chi connectivity index (χ4n) is 3.97. The summed E-state index contributed by atoms with van der Waals surface area (Å²) >= 11 is 0. The molecule has 1 saturated carbocycles. The summed E-state index contributed by atoms with van der Waals surface area (Å²) < 4.78 is 11.6. The second kappa shape index (κ2) is 6.32. The fourth-order valence-corrected chi connectivity index (χ4v) is 3.97. The van der Waals surface area contributed by atoms with Crippen LogP contribution >= 0.6 is 0 Å². The smallest absolute Gasteiger partial charge is 0.261 e. The number of benzene rings is 2. The summed E-state index contributed by atoms with van der Waals surface area (Å²) in [7, 11) is 1.60. The first kappa shape index (κ1) is 16.9. The topological polar surface area (TPSA) is 59.0 Å². The molecular formula is C21H23NO4. The summed E-state index contributed by atoms with van der Waals surface area (Å²) in [6.45, 7) is 1.64. The van der Waals surface area contributed by atoms with Gasteiger partial charge in [0.05, 0.1) is 18.9 Å². The van der Waals surface area contributed by atoms with Crippen LogP contribution in [0.4, 0.5) is 5.69 Å². The van der Waals surface area contributed by atoms with E-state index >= 15 is 0 Å². The number of nitrogens with zero attached hydrogens (tertiary/aromatic N) is 1. The molecule has 0 spiro atoms. The molecule has 1 amide bonds. The number of carbonyl (C=O) groups is 1. The Kier molecular flexibility index (Phi) is 4.11. The highest BCUT2D eigenvalue weighted by atomic mass is 16.5. The SMILES string of the molecule is COc1ccc(N2C(=O)c3ccccc3C2(C)O)cc1OC1CCCC1. The normalized spacial score (nSPS) is 22.6. The molecule has 2 aromatic carbocycles. The molecule has 1 aliphatic heterocycles. The van der Waals surface area contributed by atoms with Crippen molar-refractivity contribution >= 4 is 11.6 Å². The number of ether oxygens (including phenoxy) is 2. The minimum atomic E-state index is -1.41. The predicted molar refractivity (Wildman–Crippen MR) is 98.7 cm³/mol. The maximum atomic E-state index is 12.9. The van der Waals surface area contributed by atoms with Crippen LogP contribution in [0.25, 0.3) is 0 Å². The van der Waals surface area contributed by atoms with Crippen LogP contribution in [0.3, 0.4) is 0 Å². The molecule has 2 aliphatic rings. The molecule has 0 radical (unpaired) electrons. The van der Waals surface area contributed by atoms with E-state index in [0.29, 0.717) is 28.3 Å². The zero-order valence-electron chi connectivity index (χ0n) is 15.1. The zero-order chi connectivity index (χ0) is 18.3. The molecule has 26 heavy (non-hydrogen) atoms. The molecule has 1 fully saturated rings. The molecule has 0 aromatic heterocycles. The molecule has 0 saturated heterocycles. The standard InChI is InChI=1S/C21H23NO4/c1-21(24)17-10-6-5-9-16(17)20(23)22(21)14-11-12-18(25-2)19(13-14)26-15-7-3-4-8-15/h5-6,9-13,15,24H,3-4,7-8H2,1-2H3. The van der Waals surface area contributed by atoms with Crippen molar-refractivity contribution in [3.8, 4) is 11.5 Å². The van der Waals surface area contributed by atoms with Crippen molar-refractivity contribution in [1.82, 2.24) is 0 Å². The van der Waals surface area contributed by atoms with Crippen molar-refractivity contribution in [2.45, 2.75) is 44.4 Å². The van der Waals surface area contributed by atoms with Crippen LogP contribution in [0.15, 0.2) is 42.5 Å². The Balaban J connectivity index is 1.73. The van der Waals surface area contributed by atoms with Crippen LogP contribution in [-0.2, 0) is 5.72 Å². The molecule has 0 bridgehead atoms. The Labute approximate surface area is 153 Å². The molecular weight excluding hydrogens is 330 g/mol. The van der Waals surface area contributed by atoms with Gasteiger partial charge in [0.1, 0.15) is 0 Å². The van der Waals surface area contributed by atoms with E-state index in [4.69, 9.17) is 9.47 Å². The molecule has 1 N–H and O–H groups in total. The lowest BCUT2D eigenvalue weighted by atomic mass is 10.0. The summed E-state index contributed by atoms with van der Waals surface area (Å²) in [6.07, 6.45) is 4.56. The lowest BCUT2D eigenvalue weighted by molar-refractivity contribution is 0.0554. The molecule has 2 aromatic rings. The molecule has 5 heteroatoms. The van der Waals surface area contributed by atoms with Gasteiger partial charge in [-0.15, -0.1) is 0 Å². The summed E-state index contributed by atoms with van der Waals surface area (Å²) in [5.41, 5.74) is 0.308. The van der Waals surface area contributed by atoms with Gasteiger partial charge in [-0.1, -0.05) is 18.2 Å². The summed E-state index contributed by atoms with van der Waals surface area (Å²) in [6, 6.07) is 12.5. The van der Waals surface area contributed by atoms with Crippen molar-refractivity contribution in [3.05, 3.63) is 53.6 Å². The van der Waals surface area contributed by atoms with Crippen molar-refractivity contribution < 1.29 is 19.4 Å². The Morgan fingerprint density at radius 3 is 2.54 bits per heavy atom. The van der Waals surface area contributed by atoms with Crippen molar-refractivity contribution in [2.75, 3.05) is 12.0 Å². The number of aliphatic hydroxyl groups is 1. The fraction of sp³-hybridized carbons (Fsp3) is 0.381. The van der Waals surface area contributed by atoms with E-state index in [2.05, 4.69) is 0 Å². The Bertz CT molecular complexity index is 840. The summed E-state index contributed by atoms with van der Waals surface area (Å²) in [5.74, 6) is 1.02. The lowest BCUT2D eigenvalue weighted by Gasteiger charge is -2.31. The van der Waals surface area contributed by atoms with Gasteiger partial charge in [0.2, 0.25) is 0 Å². The average molecular weight is 353 g/mol. The average Bonchev–Trinajstić information content (AvgIpc) is 3.21. The number of carbonyl (C=O) groups excluding carboxylic acids is 1. The largest absolute Gasteiger partial charge is 0.493 e. The van der Waals surface area contributed by atoms with Crippen LogP contribution in [-0.4, -0.2) is 24.2 Å². The Morgan fingerprint density at radius 1 is 1.12 bits per heavy atom. The minimum Gasteiger partial charge on any atom is -0.493 e. The first-order valence-electron chi connectivity index (χ1n) is 9.03. The van der Waals surface area contributed by atoms with Gasteiger partial charge < -0.3 is 14.6 Å². The van der Waals surface area contributed by atoms with E-state index in [1.54, 1.807) is 50.4 Å². The van der Waals surface area contributed by atoms with Gasteiger partial charge in [0.25, 0.3) is 5.91 Å². The van der Waals surface area contributed by atoms with Crippen LogP contribution < -0.4 is 14.4 Å². The molecule has 1 unspecified atom stereocenters. The van der Waals surface area contributed by atoms with Crippen LogP contribution in [0, 0.1) is 0 Å². The first-order chi connectivity index (χ1) is 12.5.